The molecule has 5 nitrogen and oxygen atoms in total. The smallest absolute Gasteiger partial charge is 0.170 e. The van der Waals surface area contributed by atoms with Crippen molar-refractivity contribution in [3.63, 3.8) is 0 Å². The molecule has 29 heavy (non-hydrogen) atoms. The zero-order valence-electron chi connectivity index (χ0n) is 17.2. The number of nitrogens with zero attached hydrogens (tertiary/aromatic N) is 1. The van der Waals surface area contributed by atoms with Crippen molar-refractivity contribution in [3.8, 4) is 34.3 Å². The van der Waals surface area contributed by atoms with Crippen LogP contribution in [0.25, 0.3) is 11.3 Å². The van der Waals surface area contributed by atoms with Gasteiger partial charge in [0, 0.05) is 51.4 Å². The van der Waals surface area contributed by atoms with Crippen LogP contribution in [0.3, 0.4) is 0 Å². The molecule has 0 amide bonds. The molecule has 0 spiro atoms. The number of aliphatic hydroxyl groups is 2. The first-order valence-electron chi connectivity index (χ1n) is 8.89. The first-order valence-corrected chi connectivity index (χ1v) is 12.4. The van der Waals surface area contributed by atoms with Crippen molar-refractivity contribution >= 4 is 13.3 Å². The number of hydrogen-bond donors (Lipinski definition) is 2. The molecule has 1 aliphatic rings. The maximum absolute atomic E-state index is 7.00. The minimum absolute atomic E-state index is 0. The zero-order chi connectivity index (χ0) is 20.7. The summed E-state index contributed by atoms with van der Waals surface area (Å²) in [5, 5.41) is 15.2. The second-order valence-electron chi connectivity index (χ2n) is 6.86. The van der Waals surface area contributed by atoms with E-state index in [4.69, 9.17) is 24.7 Å². The second kappa shape index (κ2) is 11.2. The normalized spacial score (nSPS) is 10.9. The van der Waals surface area contributed by atoms with Crippen molar-refractivity contribution in [3.05, 3.63) is 60.8 Å². The van der Waals surface area contributed by atoms with E-state index < -0.39 is 8.07 Å². The van der Waals surface area contributed by atoms with E-state index in [9.17, 15) is 0 Å². The number of aromatic nitrogens is 1. The Morgan fingerprint density at radius 2 is 1.38 bits per heavy atom. The predicted molar refractivity (Wildman–Crippen MR) is 114 cm³/mol. The van der Waals surface area contributed by atoms with Crippen LogP contribution in [0.1, 0.15) is 0 Å². The van der Waals surface area contributed by atoms with Crippen molar-refractivity contribution in [1.82, 2.24) is 4.98 Å². The van der Waals surface area contributed by atoms with Crippen molar-refractivity contribution in [1.29, 1.82) is 0 Å². The SMILES string of the molecule is CO.CO.C[Si](C)(C)c1cnc(-c2[c-]cccc2)c2c1Oc1ccccc1O2.[Ir]. The summed E-state index contributed by atoms with van der Waals surface area (Å²) in [5.74, 6) is 2.96. The molecule has 0 bridgehead atoms. The van der Waals surface area contributed by atoms with Gasteiger partial charge in [0.05, 0.1) is 8.07 Å². The summed E-state index contributed by atoms with van der Waals surface area (Å²) in [7, 11) is 0.365. The van der Waals surface area contributed by atoms with E-state index in [1.807, 2.05) is 54.7 Å². The number of fused-ring (bicyclic) bond motifs is 2. The van der Waals surface area contributed by atoms with Crippen molar-refractivity contribution in [2.24, 2.45) is 0 Å². The molecule has 7 heteroatoms. The monoisotopic (exact) mass is 589 g/mol. The number of aliphatic hydroxyl groups excluding tert-OH is 2. The molecule has 0 saturated carbocycles. The molecular formula is C22H26IrNO4Si-. The van der Waals surface area contributed by atoms with E-state index >= 15 is 0 Å². The fourth-order valence-corrected chi connectivity index (χ4v) is 4.08. The number of hydrogen-bond acceptors (Lipinski definition) is 5. The Morgan fingerprint density at radius 1 is 0.828 bits per heavy atom. The predicted octanol–water partition coefficient (Wildman–Crippen LogP) is 4.21. The molecule has 4 rings (SSSR count). The maximum atomic E-state index is 7.00. The fraction of sp³-hybridized carbons (Fsp3) is 0.227. The Hall–Kier alpha value is -2.02. The van der Waals surface area contributed by atoms with Crippen molar-refractivity contribution in [2.45, 2.75) is 19.6 Å². The van der Waals surface area contributed by atoms with Gasteiger partial charge in [-0.25, -0.2) is 0 Å². The molecule has 2 aromatic carbocycles. The number of benzene rings is 2. The van der Waals surface area contributed by atoms with Crippen LogP contribution in [0, 0.1) is 6.07 Å². The molecule has 3 aromatic rings. The summed E-state index contributed by atoms with van der Waals surface area (Å²) in [6, 6.07) is 18.8. The number of rotatable bonds is 2. The molecule has 0 fully saturated rings. The topological polar surface area (TPSA) is 71.8 Å². The molecule has 1 radical (unpaired) electrons. The van der Waals surface area contributed by atoms with Gasteiger partial charge in [-0.05, 0) is 12.1 Å². The summed E-state index contributed by atoms with van der Waals surface area (Å²) < 4.78 is 12.5. The Balaban J connectivity index is 0.000000794. The summed E-state index contributed by atoms with van der Waals surface area (Å²) in [5.41, 5.74) is 1.67. The van der Waals surface area contributed by atoms with Gasteiger partial charge in [0.2, 0.25) is 0 Å². The Kier molecular flexibility index (Phi) is 9.69. The van der Waals surface area contributed by atoms with E-state index in [2.05, 4.69) is 25.7 Å². The number of pyridine rings is 1. The van der Waals surface area contributed by atoms with Gasteiger partial charge in [-0.3, -0.25) is 0 Å². The summed E-state index contributed by atoms with van der Waals surface area (Å²) >= 11 is 0. The molecule has 0 unspecified atom stereocenters. The van der Waals surface area contributed by atoms with Gasteiger partial charge < -0.3 is 24.7 Å². The zero-order valence-corrected chi connectivity index (χ0v) is 20.6. The quantitative estimate of drug-likeness (QED) is 0.271. The molecule has 157 valence electrons. The summed E-state index contributed by atoms with van der Waals surface area (Å²) in [6.45, 7) is 6.84. The van der Waals surface area contributed by atoms with Crippen LogP contribution in [0.5, 0.6) is 23.0 Å². The van der Waals surface area contributed by atoms with Crippen LogP contribution in [0.15, 0.2) is 54.7 Å². The molecule has 1 aliphatic heterocycles. The van der Waals surface area contributed by atoms with Crippen LogP contribution in [0.2, 0.25) is 19.6 Å². The van der Waals surface area contributed by atoms with Gasteiger partial charge in [-0.2, -0.15) is 0 Å². The van der Waals surface area contributed by atoms with E-state index in [1.54, 1.807) is 0 Å². The summed E-state index contributed by atoms with van der Waals surface area (Å²) in [4.78, 5) is 4.70. The molecular weight excluding hydrogens is 563 g/mol. The van der Waals surface area contributed by atoms with Gasteiger partial charge in [-0.1, -0.05) is 31.8 Å². The van der Waals surface area contributed by atoms with E-state index in [1.165, 1.54) is 0 Å². The fourth-order valence-electron chi connectivity index (χ4n) is 2.78. The van der Waals surface area contributed by atoms with Gasteiger partial charge in [0.1, 0.15) is 0 Å². The molecule has 2 N–H and O–H groups in total. The average Bonchev–Trinajstić information content (AvgIpc) is 2.74. The van der Waals surface area contributed by atoms with Crippen LogP contribution < -0.4 is 14.7 Å². The maximum Gasteiger partial charge on any atom is 0.170 e. The Labute approximate surface area is 186 Å². The van der Waals surface area contributed by atoms with E-state index in [0.29, 0.717) is 5.75 Å². The van der Waals surface area contributed by atoms with Crippen LogP contribution in [-0.2, 0) is 20.1 Å². The third-order valence-electron chi connectivity index (χ3n) is 4.03. The van der Waals surface area contributed by atoms with Crippen molar-refractivity contribution in [2.75, 3.05) is 14.2 Å². The largest absolute Gasteiger partial charge is 0.457 e. The first-order chi connectivity index (χ1) is 13.5. The standard InChI is InChI=1S/C20H18NO2Si.2CH4O.Ir/c1-24(2,3)17-13-21-18(14-9-5-4-6-10-14)20-19(17)22-15-11-7-8-12-16(15)23-20;2*1-2;/h4-9,11-13H,1-3H3;2*2H,1H3;/q-1;;;. The van der Waals surface area contributed by atoms with Crippen LogP contribution in [0.4, 0.5) is 0 Å². The average molecular weight is 589 g/mol. The molecule has 0 saturated heterocycles. The van der Waals surface area contributed by atoms with E-state index in [-0.39, 0.29) is 20.1 Å². The molecule has 2 heterocycles. The van der Waals surface area contributed by atoms with E-state index in [0.717, 1.165) is 47.9 Å². The van der Waals surface area contributed by atoms with Crippen molar-refractivity contribution < 1.29 is 39.8 Å². The van der Waals surface area contributed by atoms with Gasteiger partial charge >= 0.3 is 0 Å². The van der Waals surface area contributed by atoms with Gasteiger partial charge in [0.25, 0.3) is 0 Å². The molecule has 0 aliphatic carbocycles. The third-order valence-corrected chi connectivity index (χ3v) is 6.01. The van der Waals surface area contributed by atoms with Gasteiger partial charge in [0.15, 0.2) is 23.0 Å². The first kappa shape index (κ1) is 25.0. The third kappa shape index (κ3) is 5.53. The second-order valence-corrected chi connectivity index (χ2v) is 11.9. The number of ether oxygens (including phenoxy) is 2. The Bertz CT molecular complexity index is 914. The summed E-state index contributed by atoms with van der Waals surface area (Å²) in [6.07, 6.45) is 1.94. The van der Waals surface area contributed by atoms with Crippen LogP contribution >= 0.6 is 0 Å². The number of para-hydroxylation sites is 2. The minimum atomic E-state index is -1.64. The minimum Gasteiger partial charge on any atom is -0.457 e. The Morgan fingerprint density at radius 3 is 1.90 bits per heavy atom. The van der Waals surface area contributed by atoms with Crippen LogP contribution in [-0.4, -0.2) is 37.5 Å². The van der Waals surface area contributed by atoms with Gasteiger partial charge in [-0.15, -0.1) is 35.9 Å². The molecule has 0 atom stereocenters. The molecule has 1 aromatic heterocycles.